The lowest BCUT2D eigenvalue weighted by Gasteiger charge is -2.32. The lowest BCUT2D eigenvalue weighted by molar-refractivity contribution is -0.152. The van der Waals surface area contributed by atoms with Gasteiger partial charge in [-0.2, -0.15) is 0 Å². The van der Waals surface area contributed by atoms with E-state index in [0.29, 0.717) is 19.6 Å². The van der Waals surface area contributed by atoms with Crippen LogP contribution in [-0.2, 0) is 20.9 Å². The third-order valence-electron chi connectivity index (χ3n) is 3.74. The number of methoxy groups -OCH3 is 1. The van der Waals surface area contributed by atoms with Gasteiger partial charge in [-0.05, 0) is 33.0 Å². The molecule has 0 bridgehead atoms. The fourth-order valence-corrected chi connectivity index (χ4v) is 2.54. The van der Waals surface area contributed by atoms with Crippen LogP contribution in [0.5, 0.6) is 0 Å². The van der Waals surface area contributed by atoms with Crippen molar-refractivity contribution in [1.29, 1.82) is 0 Å². The molecule has 1 N–H and O–H groups in total. The van der Waals surface area contributed by atoms with Gasteiger partial charge in [0.15, 0.2) is 0 Å². The van der Waals surface area contributed by atoms with Crippen molar-refractivity contribution < 1.29 is 19.4 Å². The number of hydrogen-bond acceptors (Lipinski definition) is 5. The number of nitrogens with zero attached hydrogens (tertiary/aromatic N) is 1. The van der Waals surface area contributed by atoms with Gasteiger partial charge in [-0.15, -0.1) is 0 Å². The average molecular weight is 309 g/mol. The highest BCUT2D eigenvalue weighted by molar-refractivity contribution is 5.73. The summed E-state index contributed by atoms with van der Waals surface area (Å²) in [6.07, 6.45) is -0.126. The largest absolute Gasteiger partial charge is 0.469 e. The molecule has 1 aromatic carbocycles. The summed E-state index contributed by atoms with van der Waals surface area (Å²) in [7, 11) is 5.12. The zero-order chi connectivity index (χ0) is 16.5. The molecule has 0 heterocycles. The molecular formula is C17H27NO4. The van der Waals surface area contributed by atoms with E-state index < -0.39 is 18.0 Å². The second-order valence-electron chi connectivity index (χ2n) is 5.65. The van der Waals surface area contributed by atoms with Gasteiger partial charge in [-0.1, -0.05) is 30.3 Å². The molecule has 0 fully saturated rings. The number of ether oxygens (including phenoxy) is 2. The Morgan fingerprint density at radius 3 is 2.41 bits per heavy atom. The fraction of sp³-hybridized carbons (Fsp3) is 0.588. The summed E-state index contributed by atoms with van der Waals surface area (Å²) in [6, 6.07) is 9.80. The Kier molecular flexibility index (Phi) is 8.09. The summed E-state index contributed by atoms with van der Waals surface area (Å²) in [5, 5.41) is 9.90. The third kappa shape index (κ3) is 5.75. The van der Waals surface area contributed by atoms with E-state index >= 15 is 0 Å². The van der Waals surface area contributed by atoms with Gasteiger partial charge in [0.05, 0.1) is 25.7 Å². The number of carbonyl (C=O) groups excluding carboxylic acids is 1. The first-order valence-electron chi connectivity index (χ1n) is 7.51. The maximum atomic E-state index is 11.9. The van der Waals surface area contributed by atoms with E-state index in [2.05, 4.69) is 0 Å². The van der Waals surface area contributed by atoms with E-state index in [4.69, 9.17) is 9.47 Å². The molecule has 0 saturated heterocycles. The molecule has 5 heteroatoms. The smallest absolute Gasteiger partial charge is 0.312 e. The second-order valence-corrected chi connectivity index (χ2v) is 5.65. The van der Waals surface area contributed by atoms with Gasteiger partial charge in [0.1, 0.15) is 0 Å². The first-order chi connectivity index (χ1) is 10.5. The molecule has 124 valence electrons. The van der Waals surface area contributed by atoms with E-state index in [0.717, 1.165) is 5.56 Å². The van der Waals surface area contributed by atoms with Gasteiger partial charge < -0.3 is 19.5 Å². The summed E-state index contributed by atoms with van der Waals surface area (Å²) in [5.41, 5.74) is 1.11. The van der Waals surface area contributed by atoms with Crippen LogP contribution in [0.1, 0.15) is 18.9 Å². The summed E-state index contributed by atoms with van der Waals surface area (Å²) in [5.74, 6) is -0.975. The van der Waals surface area contributed by atoms with Gasteiger partial charge in [0, 0.05) is 12.6 Å². The second kappa shape index (κ2) is 9.56. The molecule has 0 amide bonds. The van der Waals surface area contributed by atoms with Gasteiger partial charge in [0.25, 0.3) is 0 Å². The highest BCUT2D eigenvalue weighted by Crippen LogP contribution is 2.19. The molecule has 0 aliphatic carbocycles. The topological polar surface area (TPSA) is 59.0 Å². The summed E-state index contributed by atoms with van der Waals surface area (Å²) in [4.78, 5) is 13.8. The Labute approximate surface area is 132 Å². The number of benzene rings is 1. The summed E-state index contributed by atoms with van der Waals surface area (Å²) in [6.45, 7) is 2.67. The van der Waals surface area contributed by atoms with Crippen LogP contribution in [-0.4, -0.2) is 55.9 Å². The van der Waals surface area contributed by atoms with Crippen LogP contribution >= 0.6 is 0 Å². The fourth-order valence-electron chi connectivity index (χ4n) is 2.54. The normalized spacial score (nSPS) is 15.4. The van der Waals surface area contributed by atoms with Crippen LogP contribution in [0.2, 0.25) is 0 Å². The molecule has 0 spiro atoms. The predicted octanol–water partition coefficient (Wildman–Crippen LogP) is 1.69. The molecule has 0 aliphatic rings. The van der Waals surface area contributed by atoms with Crippen molar-refractivity contribution in [3.63, 3.8) is 0 Å². The van der Waals surface area contributed by atoms with Crippen LogP contribution < -0.4 is 0 Å². The molecule has 0 saturated carbocycles. The lowest BCUT2D eigenvalue weighted by Crippen LogP contribution is -2.45. The van der Waals surface area contributed by atoms with Gasteiger partial charge >= 0.3 is 5.97 Å². The molecule has 3 unspecified atom stereocenters. The Morgan fingerprint density at radius 1 is 1.27 bits per heavy atom. The number of rotatable bonds is 9. The van der Waals surface area contributed by atoms with Crippen molar-refractivity contribution in [2.24, 2.45) is 5.92 Å². The number of aliphatic hydroxyl groups is 1. The number of esters is 1. The predicted molar refractivity (Wildman–Crippen MR) is 85.4 cm³/mol. The molecular weight excluding hydrogens is 282 g/mol. The van der Waals surface area contributed by atoms with Gasteiger partial charge in [0.2, 0.25) is 0 Å². The number of carbonyl (C=O) groups is 1. The Morgan fingerprint density at radius 2 is 1.91 bits per heavy atom. The minimum absolute atomic E-state index is 0.136. The van der Waals surface area contributed by atoms with Gasteiger partial charge in [-0.25, -0.2) is 0 Å². The van der Waals surface area contributed by atoms with Crippen LogP contribution in [0.25, 0.3) is 0 Å². The van der Waals surface area contributed by atoms with E-state index in [1.54, 1.807) is 6.92 Å². The maximum absolute atomic E-state index is 11.9. The van der Waals surface area contributed by atoms with Crippen molar-refractivity contribution in [2.45, 2.75) is 32.1 Å². The zero-order valence-corrected chi connectivity index (χ0v) is 13.9. The molecule has 1 aromatic rings. The molecule has 0 aliphatic heterocycles. The van der Waals surface area contributed by atoms with Crippen LogP contribution in [0.4, 0.5) is 0 Å². The Bertz CT molecular complexity index is 434. The summed E-state index contributed by atoms with van der Waals surface area (Å²) < 4.78 is 10.5. The van der Waals surface area contributed by atoms with E-state index in [1.807, 2.05) is 49.3 Å². The van der Waals surface area contributed by atoms with E-state index in [9.17, 15) is 9.90 Å². The first-order valence-corrected chi connectivity index (χ1v) is 7.51. The van der Waals surface area contributed by atoms with Crippen molar-refractivity contribution in [3.8, 4) is 0 Å². The van der Waals surface area contributed by atoms with E-state index in [-0.39, 0.29) is 6.04 Å². The third-order valence-corrected chi connectivity index (χ3v) is 3.74. The Hall–Kier alpha value is -1.43. The first kappa shape index (κ1) is 18.6. The van der Waals surface area contributed by atoms with Crippen molar-refractivity contribution >= 4 is 5.97 Å². The summed E-state index contributed by atoms with van der Waals surface area (Å²) >= 11 is 0. The lowest BCUT2D eigenvalue weighted by atomic mass is 9.91. The monoisotopic (exact) mass is 309 g/mol. The minimum Gasteiger partial charge on any atom is -0.469 e. The maximum Gasteiger partial charge on any atom is 0.312 e. The van der Waals surface area contributed by atoms with Crippen LogP contribution in [0, 0.1) is 5.92 Å². The molecule has 1 rings (SSSR count). The number of aliphatic hydroxyl groups excluding tert-OH is 1. The highest BCUT2D eigenvalue weighted by atomic mass is 16.5. The zero-order valence-electron chi connectivity index (χ0n) is 13.9. The van der Waals surface area contributed by atoms with Gasteiger partial charge in [-0.3, -0.25) is 4.79 Å². The molecule has 5 nitrogen and oxygen atoms in total. The molecule has 0 radical (unpaired) electrons. The molecule has 0 aromatic heterocycles. The van der Waals surface area contributed by atoms with Crippen LogP contribution in [0.3, 0.4) is 0 Å². The molecule has 22 heavy (non-hydrogen) atoms. The quantitative estimate of drug-likeness (QED) is 0.556. The van der Waals surface area contributed by atoms with Crippen molar-refractivity contribution in [1.82, 2.24) is 4.90 Å². The standard InChI is InChI=1S/C17H27NO4/c1-13(19)16(17(20)21-4)15(18(2)3)10-11-22-12-14-8-6-5-7-9-14/h5-9,13,15-16,19H,10-12H2,1-4H3. The van der Waals surface area contributed by atoms with E-state index in [1.165, 1.54) is 7.11 Å². The highest BCUT2D eigenvalue weighted by Gasteiger charge is 2.34. The average Bonchev–Trinajstić information content (AvgIpc) is 2.50. The van der Waals surface area contributed by atoms with Crippen molar-refractivity contribution in [3.05, 3.63) is 35.9 Å². The van der Waals surface area contributed by atoms with Crippen LogP contribution in [0.15, 0.2) is 30.3 Å². The number of hydrogen-bond donors (Lipinski definition) is 1. The minimum atomic E-state index is -0.769. The Balaban J connectivity index is 2.54. The molecule has 3 atom stereocenters. The SMILES string of the molecule is COC(=O)C(C(C)O)C(CCOCc1ccccc1)N(C)C. The van der Waals surface area contributed by atoms with Crippen molar-refractivity contribution in [2.75, 3.05) is 27.8 Å².